The van der Waals surface area contributed by atoms with Gasteiger partial charge < -0.3 is 31.0 Å². The highest BCUT2D eigenvalue weighted by molar-refractivity contribution is 5.87. The van der Waals surface area contributed by atoms with Gasteiger partial charge in [-0.3, -0.25) is 19.8 Å². The van der Waals surface area contributed by atoms with Crippen LogP contribution in [0.15, 0.2) is 60.7 Å². The number of nitrogens with two attached hydrogens (primary N) is 1. The first kappa shape index (κ1) is 29.9. The Kier molecular flexibility index (Phi) is 8.76. The molecule has 0 bridgehead atoms. The molecular formula is C33H37N9O3. The van der Waals surface area contributed by atoms with Crippen molar-refractivity contribution >= 4 is 33.7 Å². The van der Waals surface area contributed by atoms with Gasteiger partial charge in [0.2, 0.25) is 5.91 Å². The van der Waals surface area contributed by atoms with E-state index in [4.69, 9.17) is 10.8 Å². The second kappa shape index (κ2) is 13.2. The Labute approximate surface area is 259 Å². The summed E-state index contributed by atoms with van der Waals surface area (Å²) >= 11 is 0. The molecule has 2 aliphatic heterocycles. The Hall–Kier alpha value is -5.20. The van der Waals surface area contributed by atoms with Crippen molar-refractivity contribution in [1.29, 1.82) is 0 Å². The summed E-state index contributed by atoms with van der Waals surface area (Å²) in [6.07, 6.45) is 1.41. The summed E-state index contributed by atoms with van der Waals surface area (Å²) in [5.74, 6) is -0.618. The number of fused-ring (bicyclic) bond motifs is 4. The second-order valence-corrected chi connectivity index (χ2v) is 11.1. The quantitative estimate of drug-likeness (QED) is 0.142. The molecule has 0 aliphatic carbocycles. The van der Waals surface area contributed by atoms with Crippen molar-refractivity contribution in [2.24, 2.45) is 5.73 Å². The Morgan fingerprint density at radius 3 is 1.98 bits per heavy atom. The lowest BCUT2D eigenvalue weighted by Gasteiger charge is -2.14. The van der Waals surface area contributed by atoms with Crippen LogP contribution in [0.25, 0.3) is 44.6 Å². The van der Waals surface area contributed by atoms with Gasteiger partial charge in [0, 0.05) is 65.4 Å². The summed E-state index contributed by atoms with van der Waals surface area (Å²) in [6.45, 7) is 5.19. The molecular weight excluding hydrogens is 570 g/mol. The Morgan fingerprint density at radius 1 is 0.822 bits per heavy atom. The second-order valence-electron chi connectivity index (χ2n) is 11.1. The maximum Gasteiger partial charge on any atom is 0.303 e. The summed E-state index contributed by atoms with van der Waals surface area (Å²) < 4.78 is 0. The Bertz CT molecular complexity index is 1880. The molecule has 0 spiro atoms. The van der Waals surface area contributed by atoms with E-state index in [0.29, 0.717) is 32.5 Å². The van der Waals surface area contributed by atoms with Crippen LogP contribution in [0.5, 0.6) is 0 Å². The number of benzene rings is 2. The molecule has 12 heteroatoms. The van der Waals surface area contributed by atoms with Gasteiger partial charge in [-0.05, 0) is 30.7 Å². The number of hydrogen-bond donors (Lipinski definition) is 7. The van der Waals surface area contributed by atoms with E-state index in [1.807, 2.05) is 36.1 Å². The number of carbonyl (C=O) groups excluding carboxylic acids is 1. The number of nitrogens with zero attached hydrogens (tertiary/aromatic N) is 3. The summed E-state index contributed by atoms with van der Waals surface area (Å²) in [6, 6.07) is 20.7. The van der Waals surface area contributed by atoms with Crippen LogP contribution < -0.4 is 11.1 Å². The number of amides is 1. The molecule has 4 aromatic heterocycles. The van der Waals surface area contributed by atoms with E-state index in [2.05, 4.69) is 72.1 Å². The molecule has 6 aromatic rings. The zero-order valence-corrected chi connectivity index (χ0v) is 25.1. The van der Waals surface area contributed by atoms with Crippen molar-refractivity contribution in [1.82, 2.24) is 40.6 Å². The van der Waals surface area contributed by atoms with E-state index >= 15 is 0 Å². The molecule has 0 saturated carbocycles. The molecule has 6 heterocycles. The van der Waals surface area contributed by atoms with Gasteiger partial charge in [0.25, 0.3) is 0 Å². The lowest BCUT2D eigenvalue weighted by atomic mass is 10.1. The van der Waals surface area contributed by atoms with Gasteiger partial charge in [-0.15, -0.1) is 0 Å². The van der Waals surface area contributed by atoms with Crippen molar-refractivity contribution in [3.63, 3.8) is 0 Å². The molecule has 0 saturated heterocycles. The highest BCUT2D eigenvalue weighted by Crippen LogP contribution is 2.32. The molecule has 2 aliphatic rings. The van der Waals surface area contributed by atoms with Gasteiger partial charge in [-0.25, -0.2) is 0 Å². The molecule has 0 unspecified atom stereocenters. The van der Waals surface area contributed by atoms with E-state index in [1.54, 1.807) is 0 Å². The topological polar surface area (TPSA) is 185 Å². The smallest absolute Gasteiger partial charge is 0.303 e. The van der Waals surface area contributed by atoms with Crippen LogP contribution in [-0.2, 0) is 35.8 Å². The van der Waals surface area contributed by atoms with Crippen LogP contribution in [-0.4, -0.2) is 58.8 Å². The first-order valence-corrected chi connectivity index (χ1v) is 15.1. The highest BCUT2D eigenvalue weighted by Gasteiger charge is 2.28. The molecule has 2 aromatic carbocycles. The van der Waals surface area contributed by atoms with Gasteiger partial charge in [-0.1, -0.05) is 43.3 Å². The Balaban J connectivity index is 0.000000138. The van der Waals surface area contributed by atoms with Crippen LogP contribution in [0.2, 0.25) is 0 Å². The van der Waals surface area contributed by atoms with Gasteiger partial charge in [0.1, 0.15) is 11.4 Å². The maximum absolute atomic E-state index is 12.0. The van der Waals surface area contributed by atoms with Crippen molar-refractivity contribution in [3.8, 4) is 22.8 Å². The average Bonchev–Trinajstić information content (AvgIpc) is 3.86. The standard InChI is InChI=1S/C16H17N5O.C13H12N4.C4H8O2/c17-6-5-15(22)21-8-11-14(9-21)19-20-16(11)13-7-10-3-1-2-4-12(10)18-13;1-2-4-10-8(3-1)5-11(15-10)13-9-6-14-7-12(9)16-17-13;1-2-3-4(5)6/h1-4,7,18H,5-6,8-9,17H2,(H,19,20);1-5,14-15H,6-7H2,(H,16,17);2-3H2,1H3,(H,5,6). The van der Waals surface area contributed by atoms with Crippen LogP contribution in [0.3, 0.4) is 0 Å². The third-order valence-corrected chi connectivity index (χ3v) is 7.95. The minimum atomic E-state index is -0.711. The summed E-state index contributed by atoms with van der Waals surface area (Å²) in [7, 11) is 0. The molecule has 12 nitrogen and oxygen atoms in total. The molecule has 232 valence electrons. The number of H-pyrrole nitrogens is 4. The maximum atomic E-state index is 12.0. The highest BCUT2D eigenvalue weighted by atomic mass is 16.4. The minimum absolute atomic E-state index is 0.0923. The monoisotopic (exact) mass is 607 g/mol. The summed E-state index contributed by atoms with van der Waals surface area (Å²) in [5.41, 5.74) is 16.3. The number of carboxylic acid groups (broad SMARTS) is 1. The molecule has 0 fully saturated rings. The predicted molar refractivity (Wildman–Crippen MR) is 173 cm³/mol. The third-order valence-electron chi connectivity index (χ3n) is 7.95. The fourth-order valence-electron chi connectivity index (χ4n) is 5.71. The number of aromatic amines is 4. The molecule has 8 N–H and O–H groups in total. The zero-order chi connectivity index (χ0) is 31.3. The van der Waals surface area contributed by atoms with Crippen LogP contribution in [0, 0.1) is 0 Å². The molecule has 1 amide bonds. The number of rotatable bonds is 6. The van der Waals surface area contributed by atoms with Crippen molar-refractivity contribution < 1.29 is 14.7 Å². The lowest BCUT2D eigenvalue weighted by molar-refractivity contribution is -0.137. The Morgan fingerprint density at radius 2 is 1.42 bits per heavy atom. The van der Waals surface area contributed by atoms with E-state index in [9.17, 15) is 9.59 Å². The average molecular weight is 608 g/mol. The van der Waals surface area contributed by atoms with Crippen molar-refractivity contribution in [2.45, 2.75) is 52.4 Å². The van der Waals surface area contributed by atoms with Crippen molar-refractivity contribution in [3.05, 3.63) is 83.2 Å². The molecule has 8 rings (SSSR count). The van der Waals surface area contributed by atoms with Gasteiger partial charge in [0.15, 0.2) is 0 Å². The summed E-state index contributed by atoms with van der Waals surface area (Å²) in [4.78, 5) is 30.2. The fourth-order valence-corrected chi connectivity index (χ4v) is 5.71. The number of para-hydroxylation sites is 2. The van der Waals surface area contributed by atoms with Crippen molar-refractivity contribution in [2.75, 3.05) is 6.54 Å². The van der Waals surface area contributed by atoms with Crippen LogP contribution in [0.1, 0.15) is 48.7 Å². The lowest BCUT2D eigenvalue weighted by Crippen LogP contribution is -2.27. The first-order valence-electron chi connectivity index (χ1n) is 15.1. The number of aromatic nitrogens is 6. The fraction of sp³-hybridized carbons (Fsp3) is 0.273. The van der Waals surface area contributed by atoms with Gasteiger partial charge in [-0.2, -0.15) is 10.2 Å². The zero-order valence-electron chi connectivity index (χ0n) is 25.1. The number of carboxylic acids is 1. The number of carbonyl (C=O) groups is 2. The number of nitrogens with one attached hydrogen (secondary N) is 5. The normalized spacial score (nSPS) is 13.2. The van der Waals surface area contributed by atoms with Crippen LogP contribution >= 0.6 is 0 Å². The van der Waals surface area contributed by atoms with E-state index in [1.165, 1.54) is 16.6 Å². The van der Waals surface area contributed by atoms with E-state index in [0.717, 1.165) is 70.0 Å². The molecule has 0 atom stereocenters. The van der Waals surface area contributed by atoms with E-state index < -0.39 is 5.97 Å². The minimum Gasteiger partial charge on any atom is -0.481 e. The molecule has 45 heavy (non-hydrogen) atoms. The first-order chi connectivity index (χ1) is 21.9. The summed E-state index contributed by atoms with van der Waals surface area (Å²) in [5, 5.41) is 28.6. The SMILES string of the molecule is CCCC(=O)O.NCCC(=O)N1Cc2[nH]nc(-c3cc4ccccc4[nH]3)c2C1.c1ccc2[nH]c(-c3n[nH]c4c3CNC4)cc2c1. The van der Waals surface area contributed by atoms with Gasteiger partial charge >= 0.3 is 5.97 Å². The third kappa shape index (κ3) is 6.37. The van der Waals surface area contributed by atoms with Gasteiger partial charge in [0.05, 0.1) is 35.9 Å². The van der Waals surface area contributed by atoms with E-state index in [-0.39, 0.29) is 5.91 Å². The number of hydrogen-bond acceptors (Lipinski definition) is 6. The van der Waals surface area contributed by atoms with Crippen LogP contribution in [0.4, 0.5) is 0 Å². The molecule has 0 radical (unpaired) electrons. The number of aliphatic carboxylic acids is 1. The largest absolute Gasteiger partial charge is 0.481 e. The predicted octanol–water partition coefficient (Wildman–Crippen LogP) is 4.78.